The zero-order chi connectivity index (χ0) is 15.5. The fourth-order valence-electron chi connectivity index (χ4n) is 2.21. The summed E-state index contributed by atoms with van der Waals surface area (Å²) in [6, 6.07) is 3.22. The fourth-order valence-corrected chi connectivity index (χ4v) is 4.18. The second kappa shape index (κ2) is 7.45. The summed E-state index contributed by atoms with van der Waals surface area (Å²) in [6.07, 6.45) is 1.94. The Labute approximate surface area is 138 Å². The molecule has 1 aromatic rings. The molecular formula is C15H20Cl3OP. The van der Waals surface area contributed by atoms with Gasteiger partial charge in [0, 0.05) is 0 Å². The first-order valence-electron chi connectivity index (χ1n) is 6.53. The minimum atomic E-state index is -0.0109. The molecule has 0 aliphatic heterocycles. The van der Waals surface area contributed by atoms with E-state index in [4.69, 9.17) is 34.8 Å². The highest BCUT2D eigenvalue weighted by Gasteiger charge is 2.20. The van der Waals surface area contributed by atoms with Gasteiger partial charge in [0.25, 0.3) is 0 Å². The van der Waals surface area contributed by atoms with Crippen LogP contribution in [0.2, 0.25) is 15.1 Å². The molecule has 0 bridgehead atoms. The van der Waals surface area contributed by atoms with Crippen molar-refractivity contribution in [3.05, 3.63) is 32.8 Å². The summed E-state index contributed by atoms with van der Waals surface area (Å²) >= 11 is 18.1. The second-order valence-electron chi connectivity index (χ2n) is 6.30. The van der Waals surface area contributed by atoms with Gasteiger partial charge in [0.15, 0.2) is 5.52 Å². The lowest BCUT2D eigenvalue weighted by Gasteiger charge is -2.23. The van der Waals surface area contributed by atoms with Crippen molar-refractivity contribution < 1.29 is 4.79 Å². The van der Waals surface area contributed by atoms with Gasteiger partial charge in [-0.1, -0.05) is 62.5 Å². The third-order valence-electron chi connectivity index (χ3n) is 2.84. The van der Waals surface area contributed by atoms with Crippen LogP contribution in [0.15, 0.2) is 12.1 Å². The van der Waals surface area contributed by atoms with Crippen LogP contribution in [0.5, 0.6) is 0 Å². The predicted octanol–water partition coefficient (Wildman–Crippen LogP) is 6.54. The van der Waals surface area contributed by atoms with Crippen LogP contribution < -0.4 is 0 Å². The molecule has 0 saturated heterocycles. The van der Waals surface area contributed by atoms with E-state index in [1.165, 1.54) is 0 Å². The molecule has 20 heavy (non-hydrogen) atoms. The van der Waals surface area contributed by atoms with Crippen molar-refractivity contribution in [2.45, 2.75) is 34.1 Å². The van der Waals surface area contributed by atoms with Crippen molar-refractivity contribution in [1.29, 1.82) is 0 Å². The Hall–Kier alpha value is 0.190. The van der Waals surface area contributed by atoms with Crippen molar-refractivity contribution in [3.8, 4) is 0 Å². The van der Waals surface area contributed by atoms with Crippen LogP contribution in [-0.4, -0.2) is 11.7 Å². The number of hydrogen-bond donors (Lipinski definition) is 0. The highest BCUT2D eigenvalue weighted by Crippen LogP contribution is 2.37. The molecule has 0 aromatic heterocycles. The van der Waals surface area contributed by atoms with Crippen LogP contribution in [0.3, 0.4) is 0 Å². The van der Waals surface area contributed by atoms with Gasteiger partial charge in [-0.15, -0.1) is 0 Å². The summed E-state index contributed by atoms with van der Waals surface area (Å²) in [5.41, 5.74) is 0.628. The maximum absolute atomic E-state index is 12.3. The number of carbonyl (C=O) groups is 1. The third-order valence-corrected chi connectivity index (χ3v) is 5.43. The van der Waals surface area contributed by atoms with Crippen LogP contribution in [0.1, 0.15) is 44.5 Å². The molecule has 0 radical (unpaired) electrons. The summed E-state index contributed by atoms with van der Waals surface area (Å²) in [4.78, 5) is 12.3. The zero-order valence-electron chi connectivity index (χ0n) is 12.2. The summed E-state index contributed by atoms with van der Waals surface area (Å²) in [7, 11) is 0.172. The molecule has 0 saturated carbocycles. The van der Waals surface area contributed by atoms with Gasteiger partial charge in [-0.05, 0) is 44.6 Å². The average molecular weight is 354 g/mol. The van der Waals surface area contributed by atoms with E-state index in [2.05, 4.69) is 27.7 Å². The lowest BCUT2D eigenvalue weighted by molar-refractivity contribution is 0.108. The van der Waals surface area contributed by atoms with E-state index in [1.807, 2.05) is 0 Å². The number of halogens is 3. The van der Waals surface area contributed by atoms with Crippen molar-refractivity contribution in [2.75, 3.05) is 6.16 Å². The van der Waals surface area contributed by atoms with Crippen LogP contribution in [0, 0.1) is 11.3 Å². The first-order valence-corrected chi connectivity index (χ1v) is 8.87. The summed E-state index contributed by atoms with van der Waals surface area (Å²) in [5, 5.41) is 1.01. The van der Waals surface area contributed by atoms with Gasteiger partial charge < -0.3 is 0 Å². The molecule has 1 aromatic carbocycles. The Bertz CT molecular complexity index is 495. The van der Waals surface area contributed by atoms with E-state index in [0.29, 0.717) is 21.5 Å². The van der Waals surface area contributed by atoms with Gasteiger partial charge >= 0.3 is 0 Å². The van der Waals surface area contributed by atoms with E-state index in [1.54, 1.807) is 12.1 Å². The minimum absolute atomic E-state index is 0.0109. The molecule has 0 aliphatic rings. The van der Waals surface area contributed by atoms with Gasteiger partial charge in [0.1, 0.15) is 0 Å². The molecular weight excluding hydrogens is 333 g/mol. The van der Waals surface area contributed by atoms with Gasteiger partial charge in [-0.25, -0.2) is 0 Å². The number of benzene rings is 1. The quantitative estimate of drug-likeness (QED) is 0.434. The van der Waals surface area contributed by atoms with Crippen LogP contribution in [-0.2, 0) is 0 Å². The SMILES string of the molecule is CC(CPC(=O)c1c(Cl)ccc(Cl)c1Cl)CC(C)(C)C. The van der Waals surface area contributed by atoms with E-state index < -0.39 is 0 Å². The van der Waals surface area contributed by atoms with Crippen molar-refractivity contribution in [3.63, 3.8) is 0 Å². The number of hydrogen-bond acceptors (Lipinski definition) is 1. The Balaban J connectivity index is 2.71. The average Bonchev–Trinajstić information content (AvgIpc) is 2.30. The Morgan fingerprint density at radius 1 is 1.20 bits per heavy atom. The van der Waals surface area contributed by atoms with Crippen LogP contribution >= 0.6 is 43.4 Å². The smallest absolute Gasteiger partial charge is 0.184 e. The first kappa shape index (κ1) is 18.2. The molecule has 1 nitrogen and oxygen atoms in total. The van der Waals surface area contributed by atoms with E-state index in [-0.39, 0.29) is 24.5 Å². The highest BCUT2D eigenvalue weighted by atomic mass is 35.5. The normalized spacial score (nSPS) is 13.9. The largest absolute Gasteiger partial charge is 0.289 e. The van der Waals surface area contributed by atoms with Gasteiger partial charge in [-0.2, -0.15) is 0 Å². The molecule has 0 spiro atoms. The molecule has 0 aliphatic carbocycles. The van der Waals surface area contributed by atoms with E-state index >= 15 is 0 Å². The van der Waals surface area contributed by atoms with Gasteiger partial charge in [0.05, 0.1) is 20.6 Å². The van der Waals surface area contributed by atoms with Crippen molar-refractivity contribution >= 4 is 48.9 Å². The Morgan fingerprint density at radius 2 is 1.75 bits per heavy atom. The first-order chi connectivity index (χ1) is 9.11. The molecule has 2 atom stereocenters. The molecule has 0 amide bonds. The van der Waals surface area contributed by atoms with Gasteiger partial charge in [-0.3, -0.25) is 4.79 Å². The summed E-state index contributed by atoms with van der Waals surface area (Å²) < 4.78 is 0. The molecule has 2 unspecified atom stereocenters. The third kappa shape index (κ3) is 5.53. The van der Waals surface area contributed by atoms with Crippen LogP contribution in [0.25, 0.3) is 0 Å². The van der Waals surface area contributed by atoms with E-state index in [9.17, 15) is 4.79 Å². The summed E-state index contributed by atoms with van der Waals surface area (Å²) in [6.45, 7) is 8.80. The molecule has 5 heteroatoms. The highest BCUT2D eigenvalue weighted by molar-refractivity contribution is 7.58. The summed E-state index contributed by atoms with van der Waals surface area (Å²) in [5.74, 6) is 0.494. The Kier molecular flexibility index (Phi) is 6.80. The van der Waals surface area contributed by atoms with Crippen LogP contribution in [0.4, 0.5) is 0 Å². The lowest BCUT2D eigenvalue weighted by atomic mass is 9.86. The van der Waals surface area contributed by atoms with E-state index in [0.717, 1.165) is 12.6 Å². The lowest BCUT2D eigenvalue weighted by Crippen LogP contribution is -2.13. The second-order valence-corrected chi connectivity index (χ2v) is 8.71. The molecule has 0 N–H and O–H groups in total. The topological polar surface area (TPSA) is 17.1 Å². The maximum atomic E-state index is 12.3. The van der Waals surface area contributed by atoms with Crippen molar-refractivity contribution in [2.24, 2.45) is 11.3 Å². The minimum Gasteiger partial charge on any atom is -0.289 e. The number of rotatable bonds is 5. The molecule has 112 valence electrons. The maximum Gasteiger partial charge on any atom is 0.184 e. The standard InChI is InChI=1S/C15H20Cl3OP/c1-9(7-15(2,3)4)8-20-14(19)12-10(16)5-6-11(17)13(12)18/h5-6,9,20H,7-8H2,1-4H3. The number of carbonyl (C=O) groups excluding carboxylic acids is 1. The predicted molar refractivity (Wildman–Crippen MR) is 92.2 cm³/mol. The van der Waals surface area contributed by atoms with Crippen molar-refractivity contribution in [1.82, 2.24) is 0 Å². The Morgan fingerprint density at radius 3 is 2.30 bits per heavy atom. The molecule has 0 heterocycles. The fraction of sp³-hybridized carbons (Fsp3) is 0.533. The molecule has 0 fully saturated rings. The zero-order valence-corrected chi connectivity index (χ0v) is 15.5. The monoisotopic (exact) mass is 352 g/mol. The van der Waals surface area contributed by atoms with Gasteiger partial charge in [0.2, 0.25) is 0 Å². The molecule has 1 rings (SSSR count).